The molecule has 1 aliphatic heterocycles. The summed E-state index contributed by atoms with van der Waals surface area (Å²) in [5.41, 5.74) is -1.08. The molecule has 0 radical (unpaired) electrons. The van der Waals surface area contributed by atoms with Gasteiger partial charge in [-0.25, -0.2) is 0 Å². The van der Waals surface area contributed by atoms with Crippen LogP contribution in [-0.2, 0) is 9.53 Å². The van der Waals surface area contributed by atoms with Crippen LogP contribution in [0.2, 0.25) is 0 Å². The van der Waals surface area contributed by atoms with Gasteiger partial charge in [-0.1, -0.05) is 6.92 Å². The molecule has 0 aliphatic carbocycles. The minimum Gasteiger partial charge on any atom is -0.389 e. The third-order valence-electron chi connectivity index (χ3n) is 2.93. The van der Waals surface area contributed by atoms with E-state index in [1.54, 1.807) is 0 Å². The predicted molar refractivity (Wildman–Crippen MR) is 49.5 cm³/mol. The first kappa shape index (κ1) is 10.7. The molecular formula is C10H18O3. The maximum absolute atomic E-state index is 10.4. The first-order valence-electron chi connectivity index (χ1n) is 4.84. The van der Waals surface area contributed by atoms with Gasteiger partial charge in [0.25, 0.3) is 0 Å². The Hall–Kier alpha value is -0.410. The Morgan fingerprint density at radius 1 is 1.62 bits per heavy atom. The van der Waals surface area contributed by atoms with Crippen LogP contribution in [0.5, 0.6) is 0 Å². The first-order valence-corrected chi connectivity index (χ1v) is 4.84. The van der Waals surface area contributed by atoms with Crippen LogP contribution in [0.15, 0.2) is 0 Å². The van der Waals surface area contributed by atoms with Crippen molar-refractivity contribution in [2.45, 2.75) is 50.7 Å². The number of ether oxygens (including phenoxy) is 1. The number of carbonyl (C=O) groups excluding carboxylic acids is 1. The molecule has 1 saturated heterocycles. The summed E-state index contributed by atoms with van der Waals surface area (Å²) in [5, 5.41) is 10.0. The van der Waals surface area contributed by atoms with Gasteiger partial charge in [0.2, 0.25) is 0 Å². The molecule has 1 rings (SSSR count). The van der Waals surface area contributed by atoms with Crippen LogP contribution in [0.3, 0.4) is 0 Å². The highest BCUT2D eigenvalue weighted by molar-refractivity contribution is 5.51. The quantitative estimate of drug-likeness (QED) is 0.675. The largest absolute Gasteiger partial charge is 0.389 e. The van der Waals surface area contributed by atoms with Gasteiger partial charge in [0.15, 0.2) is 0 Å². The Bertz CT molecular complexity index is 193. The molecule has 76 valence electrons. The highest BCUT2D eigenvalue weighted by atomic mass is 16.5. The third kappa shape index (κ3) is 2.51. The number of aldehydes is 1. The number of rotatable bonds is 3. The highest BCUT2D eigenvalue weighted by Gasteiger charge is 2.40. The van der Waals surface area contributed by atoms with E-state index in [2.05, 4.69) is 0 Å². The van der Waals surface area contributed by atoms with Crippen LogP contribution < -0.4 is 0 Å². The summed E-state index contributed by atoms with van der Waals surface area (Å²) in [7, 11) is 0. The van der Waals surface area contributed by atoms with Crippen molar-refractivity contribution >= 4 is 6.29 Å². The van der Waals surface area contributed by atoms with Gasteiger partial charge in [-0.2, -0.15) is 0 Å². The zero-order valence-electron chi connectivity index (χ0n) is 8.38. The van der Waals surface area contributed by atoms with Crippen molar-refractivity contribution in [1.29, 1.82) is 0 Å². The molecule has 3 heteroatoms. The minimum absolute atomic E-state index is 0.228. The molecule has 1 N–H and O–H groups in total. The molecule has 1 heterocycles. The van der Waals surface area contributed by atoms with Crippen LogP contribution in [0.4, 0.5) is 0 Å². The van der Waals surface area contributed by atoms with E-state index in [9.17, 15) is 9.90 Å². The Kier molecular flexibility index (Phi) is 3.09. The maximum Gasteiger partial charge on any atom is 0.122 e. The average molecular weight is 186 g/mol. The van der Waals surface area contributed by atoms with Crippen LogP contribution in [-0.4, -0.2) is 29.2 Å². The lowest BCUT2D eigenvalue weighted by Gasteiger charge is -2.42. The monoisotopic (exact) mass is 186 g/mol. The van der Waals surface area contributed by atoms with Gasteiger partial charge in [-0.05, 0) is 13.3 Å². The van der Waals surface area contributed by atoms with Crippen molar-refractivity contribution < 1.29 is 14.6 Å². The minimum atomic E-state index is -0.829. The Morgan fingerprint density at radius 2 is 2.31 bits per heavy atom. The number of carbonyl (C=O) groups is 1. The molecule has 2 unspecified atom stereocenters. The van der Waals surface area contributed by atoms with Crippen LogP contribution in [0.1, 0.15) is 39.5 Å². The van der Waals surface area contributed by atoms with Crippen molar-refractivity contribution in [2.75, 3.05) is 6.61 Å². The molecule has 1 fully saturated rings. The zero-order valence-corrected chi connectivity index (χ0v) is 8.38. The highest BCUT2D eigenvalue weighted by Crippen LogP contribution is 2.35. The third-order valence-corrected chi connectivity index (χ3v) is 2.93. The summed E-state index contributed by atoms with van der Waals surface area (Å²) in [5.74, 6) is 0. The number of hydrogen-bond donors (Lipinski definition) is 1. The lowest BCUT2D eigenvalue weighted by Crippen LogP contribution is -2.47. The summed E-state index contributed by atoms with van der Waals surface area (Å²) in [6, 6.07) is 0. The molecule has 3 nitrogen and oxygen atoms in total. The van der Waals surface area contributed by atoms with Gasteiger partial charge >= 0.3 is 0 Å². The molecule has 0 amide bonds. The van der Waals surface area contributed by atoms with Gasteiger partial charge in [0.05, 0.1) is 17.8 Å². The summed E-state index contributed by atoms with van der Waals surface area (Å²) >= 11 is 0. The fourth-order valence-electron chi connectivity index (χ4n) is 1.88. The van der Waals surface area contributed by atoms with E-state index in [-0.39, 0.29) is 12.0 Å². The Labute approximate surface area is 79.1 Å². The van der Waals surface area contributed by atoms with Crippen LogP contribution in [0.25, 0.3) is 0 Å². The van der Waals surface area contributed by atoms with Crippen LogP contribution >= 0.6 is 0 Å². The maximum atomic E-state index is 10.4. The Morgan fingerprint density at radius 3 is 2.85 bits per heavy atom. The van der Waals surface area contributed by atoms with Gasteiger partial charge in [0, 0.05) is 19.3 Å². The smallest absolute Gasteiger partial charge is 0.122 e. The van der Waals surface area contributed by atoms with Gasteiger partial charge in [-0.3, -0.25) is 0 Å². The van der Waals surface area contributed by atoms with E-state index in [1.807, 2.05) is 13.8 Å². The van der Waals surface area contributed by atoms with E-state index < -0.39 is 5.60 Å². The van der Waals surface area contributed by atoms with Gasteiger partial charge in [0.1, 0.15) is 6.29 Å². The van der Waals surface area contributed by atoms with Crippen molar-refractivity contribution in [3.8, 4) is 0 Å². The van der Waals surface area contributed by atoms with Crippen molar-refractivity contribution in [3.63, 3.8) is 0 Å². The molecule has 13 heavy (non-hydrogen) atoms. The number of aliphatic hydroxyl groups is 1. The van der Waals surface area contributed by atoms with E-state index in [0.717, 1.165) is 12.7 Å². The average Bonchev–Trinajstić information content (AvgIpc) is 2.04. The molecule has 0 aromatic carbocycles. The summed E-state index contributed by atoms with van der Waals surface area (Å²) in [4.78, 5) is 10.4. The fourth-order valence-corrected chi connectivity index (χ4v) is 1.88. The molecule has 0 spiro atoms. The number of hydrogen-bond acceptors (Lipinski definition) is 3. The summed E-state index contributed by atoms with van der Waals surface area (Å²) in [6.45, 7) is 4.57. The second-order valence-electron chi connectivity index (χ2n) is 4.17. The van der Waals surface area contributed by atoms with Crippen LogP contribution in [0, 0.1) is 0 Å². The van der Waals surface area contributed by atoms with E-state index in [0.29, 0.717) is 19.4 Å². The van der Waals surface area contributed by atoms with Gasteiger partial charge < -0.3 is 14.6 Å². The zero-order chi connectivity index (χ0) is 9.95. The van der Waals surface area contributed by atoms with Crippen molar-refractivity contribution in [1.82, 2.24) is 0 Å². The molecule has 0 bridgehead atoms. The summed E-state index contributed by atoms with van der Waals surface area (Å²) < 4.78 is 5.58. The predicted octanol–water partition coefficient (Wildman–Crippen LogP) is 1.29. The normalized spacial score (nSPS) is 40.2. The van der Waals surface area contributed by atoms with E-state index >= 15 is 0 Å². The van der Waals surface area contributed by atoms with E-state index in [4.69, 9.17) is 4.74 Å². The molecule has 2 atom stereocenters. The van der Waals surface area contributed by atoms with E-state index in [1.165, 1.54) is 0 Å². The SMILES string of the molecule is CCC1(C)CC(O)(CC=O)CCO1. The molecule has 0 saturated carbocycles. The standard InChI is InChI=1S/C10H18O3/c1-3-9(2)8-10(12,4-6-11)5-7-13-9/h6,12H,3-5,7-8H2,1-2H3. The molecule has 0 aromatic rings. The lowest BCUT2D eigenvalue weighted by atomic mass is 9.80. The second-order valence-corrected chi connectivity index (χ2v) is 4.17. The molecule has 1 aliphatic rings. The van der Waals surface area contributed by atoms with Gasteiger partial charge in [-0.15, -0.1) is 0 Å². The lowest BCUT2D eigenvalue weighted by molar-refractivity contribution is -0.157. The fraction of sp³-hybridized carbons (Fsp3) is 0.900. The molecular weight excluding hydrogens is 168 g/mol. The summed E-state index contributed by atoms with van der Waals surface area (Å²) in [6.07, 6.45) is 3.03. The Balaban J connectivity index is 2.64. The second kappa shape index (κ2) is 3.76. The first-order chi connectivity index (χ1) is 6.04. The topological polar surface area (TPSA) is 46.5 Å². The van der Waals surface area contributed by atoms with Crippen molar-refractivity contribution in [3.05, 3.63) is 0 Å². The molecule has 0 aromatic heterocycles. The van der Waals surface area contributed by atoms with Crippen molar-refractivity contribution in [2.24, 2.45) is 0 Å².